The summed E-state index contributed by atoms with van der Waals surface area (Å²) in [6, 6.07) is 3.53. The zero-order valence-corrected chi connectivity index (χ0v) is 28.0. The third-order valence-electron chi connectivity index (χ3n) is 10.4. The van der Waals surface area contributed by atoms with E-state index in [0.717, 1.165) is 0 Å². The largest absolute Gasteiger partial charge is 0.485 e. The zero-order chi connectivity index (χ0) is 33.4. The average molecular weight is 700 g/mol. The predicted molar refractivity (Wildman–Crippen MR) is 173 cm³/mol. The van der Waals surface area contributed by atoms with Gasteiger partial charge in [-0.1, -0.05) is 21.6 Å². The first kappa shape index (κ1) is 35.1. The van der Waals surface area contributed by atoms with E-state index in [2.05, 4.69) is 5.32 Å². The molecule has 2 aliphatic carbocycles. The molecule has 6 rings (SSSR count). The fourth-order valence-electron chi connectivity index (χ4n) is 8.05. The number of carbonyl (C=O) groups excluding carboxylic acids is 1. The van der Waals surface area contributed by atoms with Crippen LogP contribution in [0.1, 0.15) is 38.2 Å². The van der Waals surface area contributed by atoms with Gasteiger partial charge in [-0.3, -0.25) is 4.79 Å². The molecule has 4 bridgehead atoms. The van der Waals surface area contributed by atoms with E-state index in [0.29, 0.717) is 48.2 Å². The van der Waals surface area contributed by atoms with Crippen LogP contribution in [0.15, 0.2) is 22.8 Å². The van der Waals surface area contributed by atoms with Crippen LogP contribution in [-0.2, 0) is 20.7 Å². The number of aliphatic hydroxyl groups is 6. The number of rotatable bonds is 6. The molecular formula is C32H45NO12S2. The molecule has 9 atom stereocenters. The van der Waals surface area contributed by atoms with Gasteiger partial charge in [0.1, 0.15) is 23.9 Å². The smallest absolute Gasteiger partial charge is 0.306 e. The second-order valence-electron chi connectivity index (χ2n) is 12.9. The summed E-state index contributed by atoms with van der Waals surface area (Å²) < 4.78 is 30.5. The number of aryl methyl sites for hydroxylation is 1. The number of nitrogens with one attached hydrogen (secondary N) is 1. The Hall–Kier alpha value is -1.79. The summed E-state index contributed by atoms with van der Waals surface area (Å²) in [5.74, 6) is -1.65. The van der Waals surface area contributed by atoms with Crippen molar-refractivity contribution in [2.75, 3.05) is 51.0 Å². The Bertz CT molecular complexity index is 1410. The van der Waals surface area contributed by atoms with Gasteiger partial charge in [0.2, 0.25) is 12.0 Å². The Kier molecular flexibility index (Phi) is 10.6. The van der Waals surface area contributed by atoms with E-state index in [9.17, 15) is 35.4 Å². The maximum absolute atomic E-state index is 12.8. The average Bonchev–Trinajstić information content (AvgIpc) is 3.52. The Balaban J connectivity index is 1.53. The highest BCUT2D eigenvalue weighted by Crippen LogP contribution is 2.61. The van der Waals surface area contributed by atoms with Gasteiger partial charge in [0, 0.05) is 54.8 Å². The number of ether oxygens (including phenoxy) is 4. The third kappa shape index (κ3) is 6.04. The summed E-state index contributed by atoms with van der Waals surface area (Å²) in [7, 11) is 2.88. The summed E-state index contributed by atoms with van der Waals surface area (Å²) in [6.07, 6.45) is -2.23. The van der Waals surface area contributed by atoms with Crippen LogP contribution in [0.25, 0.3) is 11.0 Å². The Morgan fingerprint density at radius 2 is 1.98 bits per heavy atom. The number of benzene rings is 1. The highest BCUT2D eigenvalue weighted by molar-refractivity contribution is 8.76. The molecule has 2 aromatic rings. The molecule has 7 N–H and O–H groups in total. The van der Waals surface area contributed by atoms with Crippen molar-refractivity contribution in [3.05, 3.63) is 24.0 Å². The fourth-order valence-corrected chi connectivity index (χ4v) is 10.5. The normalized spacial score (nSPS) is 37.8. The van der Waals surface area contributed by atoms with Crippen molar-refractivity contribution < 1.29 is 58.8 Å². The molecule has 0 radical (unpaired) electrons. The lowest BCUT2D eigenvalue weighted by molar-refractivity contribution is -0.421. The van der Waals surface area contributed by atoms with Gasteiger partial charge < -0.3 is 59.3 Å². The lowest BCUT2D eigenvalue weighted by atomic mass is 9.49. The molecular weight excluding hydrogens is 654 g/mol. The molecule has 0 spiro atoms. The summed E-state index contributed by atoms with van der Waals surface area (Å²) in [4.78, 5) is 12.5. The number of esters is 1. The van der Waals surface area contributed by atoms with Crippen LogP contribution in [0.3, 0.4) is 0 Å². The number of fused-ring (bicyclic) bond motifs is 11. The quantitative estimate of drug-likeness (QED) is 0.166. The van der Waals surface area contributed by atoms with Crippen LogP contribution in [-0.4, -0.2) is 123 Å². The standard InChI is InChI=1S/C32H45NO12S2/c1-2-41-23(37)6-4-18-13-19-7-10-42-25(19)27-26(18)44-29-32(40)24-20(3-5-22(36)21(24)15-34)14-31(39,28(32)38)30(16-35,45-29)17-47-46-12-9-33-8-11-43-27/h7,10,13,20-22,24,28-29,33-36,38-40H,2-6,8-9,11-12,14-17H2,1H3/t20-,21+,22-,24+,28-,29-,30-,31-,32-/m0/s1. The van der Waals surface area contributed by atoms with Crippen LogP contribution in [0.4, 0.5) is 0 Å². The van der Waals surface area contributed by atoms with Crippen molar-refractivity contribution in [2.24, 2.45) is 17.8 Å². The van der Waals surface area contributed by atoms with Crippen molar-refractivity contribution in [1.29, 1.82) is 0 Å². The minimum Gasteiger partial charge on any atom is -0.485 e. The van der Waals surface area contributed by atoms with E-state index in [4.69, 9.17) is 23.4 Å². The topological polar surface area (TPSA) is 201 Å². The second kappa shape index (κ2) is 14.2. The number of furan rings is 1. The lowest BCUT2D eigenvalue weighted by Gasteiger charge is -2.67. The van der Waals surface area contributed by atoms with E-state index in [-0.39, 0.29) is 49.7 Å². The summed E-state index contributed by atoms with van der Waals surface area (Å²) in [5, 5.41) is 73.7. The van der Waals surface area contributed by atoms with Crippen LogP contribution in [0.5, 0.6) is 11.5 Å². The molecule has 4 aliphatic rings. The van der Waals surface area contributed by atoms with E-state index < -0.39 is 72.2 Å². The molecule has 3 heterocycles. The minimum atomic E-state index is -2.35. The maximum atomic E-state index is 12.8. The van der Waals surface area contributed by atoms with Crippen molar-refractivity contribution in [1.82, 2.24) is 5.32 Å². The SMILES string of the molecule is CCOC(=O)CCc1cc2ccoc2c2c1O[C@H]1O[C@@](CO)(CSSCCNCCO2)[C@]2(O)C[C@@H]3CC[C@H](O)[C@@H](CO)[C@@H]3[C@]1(O)[C@H]2O. The van der Waals surface area contributed by atoms with Gasteiger partial charge in [-0.25, -0.2) is 0 Å². The van der Waals surface area contributed by atoms with Crippen LogP contribution < -0.4 is 14.8 Å². The first-order chi connectivity index (χ1) is 22.6. The predicted octanol–water partition coefficient (Wildman–Crippen LogP) is 0.981. The first-order valence-corrected chi connectivity index (χ1v) is 18.8. The van der Waals surface area contributed by atoms with Crippen LogP contribution in [0.2, 0.25) is 0 Å². The van der Waals surface area contributed by atoms with Crippen molar-refractivity contribution in [3.8, 4) is 11.5 Å². The highest BCUT2D eigenvalue weighted by Gasteiger charge is 2.77. The molecule has 1 saturated heterocycles. The first-order valence-electron chi connectivity index (χ1n) is 16.3. The number of aliphatic hydroxyl groups excluding tert-OH is 4. The Morgan fingerprint density at radius 1 is 1.15 bits per heavy atom. The Morgan fingerprint density at radius 3 is 2.74 bits per heavy atom. The van der Waals surface area contributed by atoms with E-state index in [1.165, 1.54) is 27.9 Å². The molecule has 1 aromatic carbocycles. The highest BCUT2D eigenvalue weighted by atomic mass is 33.1. The maximum Gasteiger partial charge on any atom is 0.306 e. The summed E-state index contributed by atoms with van der Waals surface area (Å²) >= 11 is 0. The minimum absolute atomic E-state index is 0.00460. The van der Waals surface area contributed by atoms with Crippen molar-refractivity contribution in [2.45, 2.75) is 74.3 Å². The monoisotopic (exact) mass is 699 g/mol. The van der Waals surface area contributed by atoms with Crippen molar-refractivity contribution >= 4 is 38.5 Å². The zero-order valence-electron chi connectivity index (χ0n) is 26.3. The van der Waals surface area contributed by atoms with Gasteiger partial charge in [0.25, 0.3) is 0 Å². The summed E-state index contributed by atoms with van der Waals surface area (Å²) in [5.41, 5.74) is -5.36. The van der Waals surface area contributed by atoms with E-state index in [1.807, 2.05) is 0 Å². The van der Waals surface area contributed by atoms with Crippen LogP contribution in [0, 0.1) is 17.8 Å². The lowest BCUT2D eigenvalue weighted by Crippen LogP contribution is -2.85. The molecule has 3 fully saturated rings. The van der Waals surface area contributed by atoms with Crippen molar-refractivity contribution in [3.63, 3.8) is 0 Å². The molecule has 0 amide bonds. The van der Waals surface area contributed by atoms with Crippen LogP contribution >= 0.6 is 21.6 Å². The van der Waals surface area contributed by atoms with Gasteiger partial charge in [-0.2, -0.15) is 0 Å². The second-order valence-corrected chi connectivity index (χ2v) is 15.5. The third-order valence-corrected chi connectivity index (χ3v) is 12.9. The molecule has 0 unspecified atom stereocenters. The fraction of sp³-hybridized carbons (Fsp3) is 0.719. The van der Waals surface area contributed by atoms with Gasteiger partial charge >= 0.3 is 5.97 Å². The number of hydrogen-bond donors (Lipinski definition) is 7. The molecule has 47 heavy (non-hydrogen) atoms. The summed E-state index contributed by atoms with van der Waals surface area (Å²) in [6.45, 7) is 2.12. The molecule has 13 nitrogen and oxygen atoms in total. The number of hydrogen-bond acceptors (Lipinski definition) is 15. The Labute approximate surface area is 280 Å². The van der Waals surface area contributed by atoms with E-state index in [1.54, 1.807) is 19.1 Å². The van der Waals surface area contributed by atoms with Gasteiger partial charge in [0.05, 0.1) is 25.6 Å². The molecule has 262 valence electrons. The molecule has 2 saturated carbocycles. The van der Waals surface area contributed by atoms with Gasteiger partial charge in [0.15, 0.2) is 16.9 Å². The van der Waals surface area contributed by atoms with E-state index >= 15 is 0 Å². The van der Waals surface area contributed by atoms with Gasteiger partial charge in [-0.05, 0) is 56.2 Å². The molecule has 1 aromatic heterocycles. The molecule has 2 aliphatic heterocycles. The van der Waals surface area contributed by atoms with Gasteiger partial charge in [-0.15, -0.1) is 0 Å². The molecule has 15 heteroatoms. The number of carbonyl (C=O) groups is 1.